The van der Waals surface area contributed by atoms with Gasteiger partial charge in [0.05, 0.1) is 22.5 Å². The summed E-state index contributed by atoms with van der Waals surface area (Å²) in [5, 5.41) is 3.28. The molecule has 46 heavy (non-hydrogen) atoms. The Balaban J connectivity index is 1.45. The fraction of sp³-hybridized carbons (Fsp3) is 0.474. The summed E-state index contributed by atoms with van der Waals surface area (Å²) in [4.78, 5) is 38.2. The number of pyridine rings is 1. The van der Waals surface area contributed by atoms with Gasteiger partial charge in [-0.25, -0.2) is 19.6 Å². The molecule has 0 spiro atoms. The summed E-state index contributed by atoms with van der Waals surface area (Å²) in [6.07, 6.45) is 8.61. The summed E-state index contributed by atoms with van der Waals surface area (Å²) >= 11 is 0. The zero-order valence-corrected chi connectivity index (χ0v) is 28.4. The molecule has 0 bridgehead atoms. The number of nitrogens with one attached hydrogen (secondary N) is 1. The summed E-state index contributed by atoms with van der Waals surface area (Å²) in [6, 6.07) is 18.2. The van der Waals surface area contributed by atoms with Crippen LogP contribution in [-0.2, 0) is 17.7 Å². The summed E-state index contributed by atoms with van der Waals surface area (Å²) < 4.78 is 7.93. The quantitative estimate of drug-likeness (QED) is 0.179. The van der Waals surface area contributed by atoms with Crippen LogP contribution in [0.15, 0.2) is 54.6 Å². The third-order valence-corrected chi connectivity index (χ3v) is 8.67. The first-order chi connectivity index (χ1) is 22.1. The lowest BCUT2D eigenvalue weighted by atomic mass is 9.96. The standard InChI is InChI=1S/C38H49N5O3/c1-7-9-19-34-41-35-33(24-32(26(3)39-35)42(8-2)37(45)40-29-15-11-10-12-16-29)43(34)25-27-20-22-28(23-21-27)30-17-13-14-18-31(30)36(44)46-38(4,5)6/h13-14,17-18,20-24,29H,7-12,15-16,19,25H2,1-6H3,(H,40,45). The molecular weight excluding hydrogens is 574 g/mol. The Morgan fingerprint density at radius 2 is 1.72 bits per heavy atom. The zero-order valence-electron chi connectivity index (χ0n) is 28.4. The number of ether oxygens (including phenoxy) is 1. The van der Waals surface area contributed by atoms with Crippen LogP contribution >= 0.6 is 0 Å². The van der Waals surface area contributed by atoms with Crippen LogP contribution in [0.3, 0.4) is 0 Å². The normalized spacial score (nSPS) is 14.0. The van der Waals surface area contributed by atoms with E-state index >= 15 is 0 Å². The molecule has 0 atom stereocenters. The molecular formula is C38H49N5O3. The second-order valence-electron chi connectivity index (χ2n) is 13.4. The van der Waals surface area contributed by atoms with Crippen molar-refractivity contribution in [2.75, 3.05) is 11.4 Å². The van der Waals surface area contributed by atoms with Crippen molar-refractivity contribution in [3.63, 3.8) is 0 Å². The third-order valence-electron chi connectivity index (χ3n) is 8.67. The van der Waals surface area contributed by atoms with E-state index in [1.165, 1.54) is 19.3 Å². The van der Waals surface area contributed by atoms with Gasteiger partial charge in [0, 0.05) is 25.6 Å². The number of unbranched alkanes of at least 4 members (excludes halogenated alkanes) is 1. The van der Waals surface area contributed by atoms with Crippen molar-refractivity contribution in [2.24, 2.45) is 0 Å². The molecule has 8 nitrogen and oxygen atoms in total. The zero-order chi connectivity index (χ0) is 32.8. The number of imidazole rings is 1. The Kier molecular flexibility index (Phi) is 10.4. The van der Waals surface area contributed by atoms with Crippen LogP contribution in [-0.4, -0.2) is 44.7 Å². The van der Waals surface area contributed by atoms with E-state index in [4.69, 9.17) is 14.7 Å². The highest BCUT2D eigenvalue weighted by Gasteiger charge is 2.24. The van der Waals surface area contributed by atoms with Crippen molar-refractivity contribution in [1.29, 1.82) is 0 Å². The number of esters is 1. The lowest BCUT2D eigenvalue weighted by Gasteiger charge is -2.28. The van der Waals surface area contributed by atoms with Gasteiger partial charge in [0.2, 0.25) is 0 Å². The van der Waals surface area contributed by atoms with E-state index in [-0.39, 0.29) is 18.0 Å². The second kappa shape index (κ2) is 14.5. The largest absolute Gasteiger partial charge is 0.456 e. The Morgan fingerprint density at radius 3 is 2.39 bits per heavy atom. The van der Waals surface area contributed by atoms with Crippen LogP contribution in [0.25, 0.3) is 22.3 Å². The highest BCUT2D eigenvalue weighted by Crippen LogP contribution is 2.29. The minimum Gasteiger partial charge on any atom is -0.456 e. The van der Waals surface area contributed by atoms with Gasteiger partial charge in [0.15, 0.2) is 5.65 Å². The van der Waals surface area contributed by atoms with Gasteiger partial charge in [0.25, 0.3) is 0 Å². The number of anilines is 1. The summed E-state index contributed by atoms with van der Waals surface area (Å²) in [5.41, 5.74) is 6.14. The van der Waals surface area contributed by atoms with E-state index in [0.29, 0.717) is 24.3 Å². The smallest absolute Gasteiger partial charge is 0.339 e. The van der Waals surface area contributed by atoms with Crippen molar-refractivity contribution in [3.05, 3.63) is 77.2 Å². The molecule has 1 aliphatic rings. The molecule has 2 aromatic heterocycles. The first kappa shape index (κ1) is 33.2. The van der Waals surface area contributed by atoms with Crippen molar-refractivity contribution < 1.29 is 14.3 Å². The lowest BCUT2D eigenvalue weighted by Crippen LogP contribution is -2.46. The van der Waals surface area contributed by atoms with Gasteiger partial charge < -0.3 is 14.6 Å². The predicted molar refractivity (Wildman–Crippen MR) is 185 cm³/mol. The highest BCUT2D eigenvalue weighted by molar-refractivity contribution is 5.97. The Labute approximate surface area is 273 Å². The number of aryl methyl sites for hydroxylation is 2. The van der Waals surface area contributed by atoms with E-state index in [2.05, 4.69) is 47.1 Å². The molecule has 5 rings (SSSR count). The van der Waals surface area contributed by atoms with Crippen LogP contribution in [0.4, 0.5) is 10.5 Å². The second-order valence-corrected chi connectivity index (χ2v) is 13.4. The van der Waals surface area contributed by atoms with Crippen LogP contribution in [0.5, 0.6) is 0 Å². The molecule has 0 saturated heterocycles. The monoisotopic (exact) mass is 623 g/mol. The first-order valence-corrected chi connectivity index (χ1v) is 16.9. The summed E-state index contributed by atoms with van der Waals surface area (Å²) in [7, 11) is 0. The molecule has 1 N–H and O–H groups in total. The number of rotatable bonds is 10. The van der Waals surface area contributed by atoms with Crippen molar-refractivity contribution in [2.45, 2.75) is 111 Å². The van der Waals surface area contributed by atoms with E-state index in [9.17, 15) is 9.59 Å². The van der Waals surface area contributed by atoms with Crippen LogP contribution in [0.1, 0.15) is 107 Å². The topological polar surface area (TPSA) is 89.4 Å². The number of hydrogen-bond donors (Lipinski definition) is 1. The van der Waals surface area contributed by atoms with E-state index in [0.717, 1.165) is 71.5 Å². The Morgan fingerprint density at radius 1 is 1.00 bits per heavy atom. The van der Waals surface area contributed by atoms with Gasteiger partial charge in [-0.1, -0.05) is 75.1 Å². The van der Waals surface area contributed by atoms with E-state index < -0.39 is 5.60 Å². The maximum absolute atomic E-state index is 13.5. The fourth-order valence-corrected chi connectivity index (χ4v) is 6.29. The van der Waals surface area contributed by atoms with Gasteiger partial charge in [-0.05, 0) is 82.7 Å². The van der Waals surface area contributed by atoms with Crippen LogP contribution < -0.4 is 10.2 Å². The average Bonchev–Trinajstić information content (AvgIpc) is 3.35. The maximum atomic E-state index is 13.5. The molecule has 4 aromatic rings. The number of urea groups is 1. The number of carbonyl (C=O) groups is 2. The maximum Gasteiger partial charge on any atom is 0.339 e. The van der Waals surface area contributed by atoms with Crippen molar-refractivity contribution in [1.82, 2.24) is 19.9 Å². The number of nitrogens with zero attached hydrogens (tertiary/aromatic N) is 4. The molecule has 0 radical (unpaired) electrons. The lowest BCUT2D eigenvalue weighted by molar-refractivity contribution is 0.00704. The number of benzene rings is 2. The van der Waals surface area contributed by atoms with Crippen molar-refractivity contribution in [3.8, 4) is 11.1 Å². The number of carbonyl (C=O) groups excluding carboxylic acids is 2. The minimum atomic E-state index is -0.572. The molecule has 0 unspecified atom stereocenters. The molecule has 0 aliphatic heterocycles. The van der Waals surface area contributed by atoms with Crippen LogP contribution in [0, 0.1) is 6.92 Å². The molecule has 2 amide bonds. The number of hydrogen-bond acceptors (Lipinski definition) is 5. The van der Waals surface area contributed by atoms with Gasteiger partial charge >= 0.3 is 12.0 Å². The molecule has 244 valence electrons. The minimum absolute atomic E-state index is 0.0572. The predicted octanol–water partition coefficient (Wildman–Crippen LogP) is 8.62. The van der Waals surface area contributed by atoms with Gasteiger partial charge in [-0.2, -0.15) is 0 Å². The third kappa shape index (κ3) is 7.77. The Hall–Kier alpha value is -4.20. The van der Waals surface area contributed by atoms with Crippen molar-refractivity contribution >= 4 is 28.9 Å². The molecule has 2 heterocycles. The van der Waals surface area contributed by atoms with E-state index in [1.54, 1.807) is 0 Å². The average molecular weight is 624 g/mol. The van der Waals surface area contributed by atoms with E-state index in [1.807, 2.05) is 63.8 Å². The number of fused-ring (bicyclic) bond motifs is 1. The SMILES string of the molecule is CCCCc1nc2nc(C)c(N(CC)C(=O)NC3CCCCC3)cc2n1Cc1ccc(-c2ccccc2C(=O)OC(C)(C)C)cc1. The van der Waals surface area contributed by atoms with Gasteiger partial charge in [0.1, 0.15) is 11.4 Å². The van der Waals surface area contributed by atoms with Crippen LogP contribution in [0.2, 0.25) is 0 Å². The van der Waals surface area contributed by atoms with Gasteiger partial charge in [-0.3, -0.25) is 4.90 Å². The molecule has 8 heteroatoms. The van der Waals surface area contributed by atoms with Gasteiger partial charge in [-0.15, -0.1) is 0 Å². The first-order valence-electron chi connectivity index (χ1n) is 16.9. The fourth-order valence-electron chi connectivity index (χ4n) is 6.29. The molecule has 1 fully saturated rings. The molecule has 1 saturated carbocycles. The summed E-state index contributed by atoms with van der Waals surface area (Å²) in [6.45, 7) is 13.0. The molecule has 2 aromatic carbocycles. The molecule has 1 aliphatic carbocycles. The summed E-state index contributed by atoms with van der Waals surface area (Å²) in [5.74, 6) is 0.666. The number of aromatic nitrogens is 3. The Bertz CT molecular complexity index is 1660. The number of amides is 2. The highest BCUT2D eigenvalue weighted by atomic mass is 16.6.